The van der Waals surface area contributed by atoms with Crippen LogP contribution in [0, 0.1) is 11.3 Å². The fourth-order valence-corrected chi connectivity index (χ4v) is 6.38. The Balaban J connectivity index is 0.00000552. The summed E-state index contributed by atoms with van der Waals surface area (Å²) in [5.41, 5.74) is 6.71. The number of piperidine rings is 1. The van der Waals surface area contributed by atoms with Gasteiger partial charge in [0.1, 0.15) is 6.04 Å². The number of carbonyl (C=O) groups excluding carboxylic acids is 3. The maximum Gasteiger partial charge on any atom is 0.306 e. The van der Waals surface area contributed by atoms with E-state index in [1.54, 1.807) is 41.3 Å². The number of likely N-dealkylation sites (tertiary alicyclic amines) is 1. The summed E-state index contributed by atoms with van der Waals surface area (Å²) >= 11 is 0. The van der Waals surface area contributed by atoms with Crippen LogP contribution >= 0.6 is 12.4 Å². The van der Waals surface area contributed by atoms with Crippen LogP contribution in [0.15, 0.2) is 71.6 Å². The van der Waals surface area contributed by atoms with Gasteiger partial charge in [-0.25, -0.2) is 8.42 Å². The fraction of sp³-hybridized carbons (Fsp3) is 0.355. The Morgan fingerprint density at radius 1 is 1.04 bits per heavy atom. The Morgan fingerprint density at radius 2 is 1.80 bits per heavy atom. The molecule has 1 aliphatic heterocycles. The first-order chi connectivity index (χ1) is 21.0. The molecule has 1 heterocycles. The number of nitrogens with two attached hydrogens (primary N) is 1. The lowest BCUT2D eigenvalue weighted by Gasteiger charge is -2.33. The predicted molar refractivity (Wildman–Crippen MR) is 175 cm³/mol. The molecule has 0 radical (unpaired) electrons. The molecule has 3 aromatic rings. The van der Waals surface area contributed by atoms with Crippen molar-refractivity contribution in [2.45, 2.75) is 43.0 Å². The number of hydrogen-bond acceptors (Lipinski definition) is 7. The van der Waals surface area contributed by atoms with Gasteiger partial charge in [-0.05, 0) is 65.8 Å². The normalized spacial score (nSPS) is 15.4. The van der Waals surface area contributed by atoms with E-state index >= 15 is 0 Å². The third-order valence-electron chi connectivity index (χ3n) is 7.50. The van der Waals surface area contributed by atoms with Gasteiger partial charge in [0.15, 0.2) is 5.96 Å². The van der Waals surface area contributed by atoms with Gasteiger partial charge >= 0.3 is 5.97 Å². The maximum absolute atomic E-state index is 13.5. The molecule has 14 heteroatoms. The molecule has 4 rings (SSSR count). The van der Waals surface area contributed by atoms with Crippen molar-refractivity contribution in [3.05, 3.63) is 72.3 Å². The minimum absolute atomic E-state index is 0. The summed E-state index contributed by atoms with van der Waals surface area (Å²) in [6, 6.07) is 17.8. The number of carbonyl (C=O) groups is 3. The minimum atomic E-state index is -4.10. The molecule has 0 aliphatic carbocycles. The highest BCUT2D eigenvalue weighted by Crippen LogP contribution is 2.21. The number of ether oxygens (including phenoxy) is 1. The van der Waals surface area contributed by atoms with Gasteiger partial charge in [0, 0.05) is 31.7 Å². The average Bonchev–Trinajstić information content (AvgIpc) is 3.02. The Kier molecular flexibility index (Phi) is 12.7. The lowest BCUT2D eigenvalue weighted by atomic mass is 9.98. The predicted octanol–water partition coefficient (Wildman–Crippen LogP) is 2.76. The van der Waals surface area contributed by atoms with Crippen molar-refractivity contribution in [3.8, 4) is 0 Å². The maximum atomic E-state index is 13.5. The quantitative estimate of drug-likeness (QED) is 0.112. The van der Waals surface area contributed by atoms with Crippen LogP contribution in [0.1, 0.15) is 31.2 Å². The molecule has 0 aromatic heterocycles. The lowest BCUT2D eigenvalue weighted by molar-refractivity contribution is -0.141. The highest BCUT2D eigenvalue weighted by molar-refractivity contribution is 7.89. The van der Waals surface area contributed by atoms with Crippen LogP contribution < -0.4 is 21.1 Å². The molecule has 0 spiro atoms. The summed E-state index contributed by atoms with van der Waals surface area (Å²) in [6.45, 7) is 1.51. The van der Waals surface area contributed by atoms with E-state index in [4.69, 9.17) is 11.1 Å². The minimum Gasteiger partial charge on any atom is -0.469 e. The fourth-order valence-electron chi connectivity index (χ4n) is 5.15. The Morgan fingerprint density at radius 3 is 2.53 bits per heavy atom. The number of esters is 1. The number of guanidine groups is 1. The van der Waals surface area contributed by atoms with Crippen LogP contribution in [0.4, 0.5) is 5.69 Å². The van der Waals surface area contributed by atoms with E-state index in [0.29, 0.717) is 30.9 Å². The molecule has 242 valence electrons. The number of anilines is 1. The first-order valence-corrected chi connectivity index (χ1v) is 15.9. The number of rotatable bonds is 12. The zero-order valence-corrected chi connectivity index (χ0v) is 26.6. The smallest absolute Gasteiger partial charge is 0.306 e. The third-order valence-corrected chi connectivity index (χ3v) is 8.97. The second kappa shape index (κ2) is 16.2. The second-order valence-electron chi connectivity index (χ2n) is 10.8. The molecule has 0 bridgehead atoms. The highest BCUT2D eigenvalue weighted by Gasteiger charge is 2.28. The number of sulfonamides is 1. The van der Waals surface area contributed by atoms with Gasteiger partial charge in [0.2, 0.25) is 21.8 Å². The number of methoxy groups -OCH3 is 1. The monoisotopic (exact) mass is 658 g/mol. The topological polar surface area (TPSA) is 184 Å². The molecule has 45 heavy (non-hydrogen) atoms. The zero-order valence-electron chi connectivity index (χ0n) is 25.0. The summed E-state index contributed by atoms with van der Waals surface area (Å²) in [5, 5.41) is 15.0. The molecule has 6 N–H and O–H groups in total. The number of amides is 2. The number of halogens is 1. The second-order valence-corrected chi connectivity index (χ2v) is 12.5. The molecule has 1 aliphatic rings. The van der Waals surface area contributed by atoms with E-state index in [1.807, 2.05) is 24.3 Å². The van der Waals surface area contributed by atoms with Crippen LogP contribution in [0.5, 0.6) is 0 Å². The van der Waals surface area contributed by atoms with Crippen molar-refractivity contribution in [3.63, 3.8) is 0 Å². The molecule has 2 unspecified atom stereocenters. The summed E-state index contributed by atoms with van der Waals surface area (Å²) in [7, 11) is -2.85. The van der Waals surface area contributed by atoms with E-state index in [1.165, 1.54) is 13.2 Å². The summed E-state index contributed by atoms with van der Waals surface area (Å²) < 4.78 is 34.2. The third kappa shape index (κ3) is 10.2. The number of nitrogens with zero attached hydrogens (tertiary/aromatic N) is 1. The SMILES string of the molecule is COC(=O)CCC(=O)Nc1cccc(CC(NS(=O)(=O)c2ccc3ccccc3c2)C(=O)NCC2CCCN(C(=N)N)C2)c1.Cl. The van der Waals surface area contributed by atoms with E-state index < -0.39 is 27.9 Å². The van der Waals surface area contributed by atoms with Crippen LogP contribution in [-0.2, 0) is 35.6 Å². The van der Waals surface area contributed by atoms with Crippen molar-refractivity contribution < 1.29 is 27.5 Å². The summed E-state index contributed by atoms with van der Waals surface area (Å²) in [5.74, 6) is -1.34. The highest BCUT2D eigenvalue weighted by atomic mass is 35.5. The number of benzene rings is 3. The van der Waals surface area contributed by atoms with Gasteiger partial charge in [0.05, 0.1) is 18.4 Å². The van der Waals surface area contributed by atoms with E-state index in [9.17, 15) is 22.8 Å². The number of nitrogens with one attached hydrogen (secondary N) is 4. The largest absolute Gasteiger partial charge is 0.469 e. The summed E-state index contributed by atoms with van der Waals surface area (Å²) in [6.07, 6.45) is 1.56. The van der Waals surface area contributed by atoms with E-state index in [2.05, 4.69) is 20.1 Å². The van der Waals surface area contributed by atoms with Gasteiger partial charge in [0.25, 0.3) is 0 Å². The molecule has 3 aromatic carbocycles. The summed E-state index contributed by atoms with van der Waals surface area (Å²) in [4.78, 5) is 39.0. The van der Waals surface area contributed by atoms with Crippen LogP contribution in [0.3, 0.4) is 0 Å². The molecule has 0 saturated carbocycles. The molecular formula is C31H39ClN6O6S. The van der Waals surface area contributed by atoms with Crippen molar-refractivity contribution in [1.82, 2.24) is 14.9 Å². The van der Waals surface area contributed by atoms with Gasteiger partial charge in [-0.1, -0.05) is 42.5 Å². The average molecular weight is 659 g/mol. The lowest BCUT2D eigenvalue weighted by Crippen LogP contribution is -2.51. The molecule has 2 amide bonds. The Hall–Kier alpha value is -4.20. The molecule has 1 fully saturated rings. The first kappa shape index (κ1) is 35.3. The molecule has 12 nitrogen and oxygen atoms in total. The van der Waals surface area contributed by atoms with Crippen molar-refractivity contribution in [1.29, 1.82) is 5.41 Å². The Labute approximate surface area is 269 Å². The van der Waals surface area contributed by atoms with E-state index in [0.717, 1.165) is 23.6 Å². The Bertz CT molecular complexity index is 1640. The van der Waals surface area contributed by atoms with Crippen molar-refractivity contribution in [2.24, 2.45) is 11.7 Å². The van der Waals surface area contributed by atoms with Gasteiger partial charge in [-0.2, -0.15) is 4.72 Å². The zero-order chi connectivity index (χ0) is 31.7. The van der Waals surface area contributed by atoms with Crippen LogP contribution in [-0.4, -0.2) is 69.8 Å². The first-order valence-electron chi connectivity index (χ1n) is 14.4. The number of hydrogen-bond donors (Lipinski definition) is 5. The molecular weight excluding hydrogens is 620 g/mol. The van der Waals surface area contributed by atoms with Crippen LogP contribution in [0.2, 0.25) is 0 Å². The van der Waals surface area contributed by atoms with Gasteiger partial charge < -0.3 is 26.0 Å². The van der Waals surface area contributed by atoms with Gasteiger partial charge in [-0.15, -0.1) is 12.4 Å². The molecule has 2 atom stereocenters. The van der Waals surface area contributed by atoms with Gasteiger partial charge in [-0.3, -0.25) is 19.8 Å². The van der Waals surface area contributed by atoms with Crippen LogP contribution in [0.25, 0.3) is 10.8 Å². The number of fused-ring (bicyclic) bond motifs is 1. The van der Waals surface area contributed by atoms with Crippen molar-refractivity contribution in [2.75, 3.05) is 32.1 Å². The van der Waals surface area contributed by atoms with Crippen molar-refractivity contribution >= 4 is 62.6 Å². The standard InChI is InChI=1S/C31H38N6O6S.ClH/c1-43-29(39)14-13-28(38)35-25-10-4-6-21(16-25)17-27(30(40)34-19-22-7-5-15-37(20-22)31(32)33)36-44(41,42)26-12-11-23-8-2-3-9-24(23)18-26;/h2-4,6,8-12,16,18,22,27,36H,5,7,13-15,17,19-20H2,1H3,(H3,32,33)(H,34,40)(H,35,38);1H. The molecule has 1 saturated heterocycles. The van der Waals surface area contributed by atoms with E-state index in [-0.39, 0.29) is 54.3 Å².